The van der Waals surface area contributed by atoms with Crippen LogP contribution in [0, 0.1) is 3.57 Å². The molecule has 1 N–H and O–H groups in total. The van der Waals surface area contributed by atoms with Crippen LogP contribution in [0.2, 0.25) is 5.02 Å². The average Bonchev–Trinajstić information content (AvgIpc) is 2.65. The molecule has 3 rings (SSSR count). The van der Waals surface area contributed by atoms with Crippen LogP contribution < -0.4 is 5.32 Å². The van der Waals surface area contributed by atoms with Crippen LogP contribution in [-0.2, 0) is 12.8 Å². The van der Waals surface area contributed by atoms with Crippen molar-refractivity contribution in [1.82, 2.24) is 4.98 Å². The topological polar surface area (TPSA) is 24.9 Å². The van der Waals surface area contributed by atoms with Crippen LogP contribution in [0.3, 0.4) is 0 Å². The number of halogens is 2. The summed E-state index contributed by atoms with van der Waals surface area (Å²) in [4.78, 5) is 4.88. The summed E-state index contributed by atoms with van der Waals surface area (Å²) in [6.07, 6.45) is 5.99. The summed E-state index contributed by atoms with van der Waals surface area (Å²) in [6, 6.07) is 4.19. The number of anilines is 1. The molecule has 0 amide bonds. The Hall–Kier alpha value is -0.550. The normalized spacial score (nSPS) is 14.9. The Labute approximate surface area is 138 Å². The maximum Gasteiger partial charge on any atom is 0.0913 e. The molecule has 0 atom stereocenters. The predicted octanol–water partition coefficient (Wildman–Crippen LogP) is 5.19. The van der Waals surface area contributed by atoms with Gasteiger partial charge in [-0.2, -0.15) is 0 Å². The van der Waals surface area contributed by atoms with Crippen LogP contribution in [0.15, 0.2) is 12.1 Å². The fourth-order valence-electron chi connectivity index (χ4n) is 3.01. The van der Waals surface area contributed by atoms with Gasteiger partial charge in [-0.05, 0) is 72.9 Å². The zero-order valence-corrected chi connectivity index (χ0v) is 14.5. The third kappa shape index (κ3) is 2.62. The molecule has 1 aliphatic rings. The second kappa shape index (κ2) is 6.06. The molecule has 1 aromatic carbocycles. The Morgan fingerprint density at radius 1 is 1.25 bits per heavy atom. The molecule has 0 bridgehead atoms. The van der Waals surface area contributed by atoms with E-state index in [1.54, 1.807) is 0 Å². The van der Waals surface area contributed by atoms with E-state index in [4.69, 9.17) is 16.6 Å². The van der Waals surface area contributed by atoms with Crippen LogP contribution in [0.5, 0.6) is 0 Å². The molecule has 0 unspecified atom stereocenters. The van der Waals surface area contributed by atoms with Crippen molar-refractivity contribution < 1.29 is 0 Å². The van der Waals surface area contributed by atoms with E-state index in [0.29, 0.717) is 0 Å². The predicted molar refractivity (Wildman–Crippen MR) is 94.9 cm³/mol. The Bertz CT molecular complexity index is 655. The van der Waals surface area contributed by atoms with Crippen LogP contribution >= 0.6 is 34.2 Å². The number of nitrogens with zero attached hydrogens (tertiary/aromatic N) is 1. The molecule has 0 radical (unpaired) electrons. The van der Waals surface area contributed by atoms with Gasteiger partial charge in [0, 0.05) is 26.9 Å². The second-order valence-electron chi connectivity index (χ2n) is 5.29. The molecule has 0 saturated carbocycles. The molecule has 2 nitrogen and oxygen atoms in total. The Kier molecular flexibility index (Phi) is 4.36. The lowest BCUT2D eigenvalue weighted by atomic mass is 10.0. The fourth-order valence-corrected chi connectivity index (χ4v) is 4.07. The highest BCUT2D eigenvalue weighted by Gasteiger charge is 2.18. The van der Waals surface area contributed by atoms with Gasteiger partial charge in [-0.15, -0.1) is 0 Å². The van der Waals surface area contributed by atoms with E-state index in [1.807, 2.05) is 6.07 Å². The van der Waals surface area contributed by atoms with Crippen LogP contribution in [0.25, 0.3) is 10.9 Å². The van der Waals surface area contributed by atoms with E-state index in [2.05, 4.69) is 40.9 Å². The summed E-state index contributed by atoms with van der Waals surface area (Å²) >= 11 is 8.74. The first kappa shape index (κ1) is 14.4. The number of nitrogens with one attached hydrogen (secondary N) is 1. The summed E-state index contributed by atoms with van der Waals surface area (Å²) in [6.45, 7) is 3.07. The minimum absolute atomic E-state index is 0.762. The summed E-state index contributed by atoms with van der Waals surface area (Å²) < 4.78 is 1.16. The standard InChI is InChI=1S/C16H18ClIN2/c1-2-19-15-11-6-4-3-5-7-14(11)20-16-12(15)8-10(18)9-13(16)17/h8-9H,2-7H2,1H3,(H,19,20). The van der Waals surface area contributed by atoms with Crippen LogP contribution in [0.1, 0.15) is 37.4 Å². The van der Waals surface area contributed by atoms with Crippen molar-refractivity contribution in [3.8, 4) is 0 Å². The molecule has 2 aromatic rings. The maximum atomic E-state index is 6.42. The number of aromatic nitrogens is 1. The third-order valence-electron chi connectivity index (χ3n) is 3.89. The minimum atomic E-state index is 0.762. The first-order valence-electron chi connectivity index (χ1n) is 7.25. The molecule has 0 fully saturated rings. The van der Waals surface area contributed by atoms with Gasteiger partial charge in [0.1, 0.15) is 0 Å². The molecular weight excluding hydrogens is 383 g/mol. The van der Waals surface area contributed by atoms with Crippen molar-refractivity contribution in [2.75, 3.05) is 11.9 Å². The Morgan fingerprint density at radius 2 is 2.05 bits per heavy atom. The fraction of sp³-hybridized carbons (Fsp3) is 0.438. The van der Waals surface area contributed by atoms with Crippen molar-refractivity contribution in [2.24, 2.45) is 0 Å². The number of aryl methyl sites for hydroxylation is 1. The van der Waals surface area contributed by atoms with E-state index in [0.717, 1.165) is 33.5 Å². The first-order chi connectivity index (χ1) is 9.70. The Balaban J connectivity index is 2.33. The number of hydrogen-bond acceptors (Lipinski definition) is 2. The second-order valence-corrected chi connectivity index (χ2v) is 6.94. The van der Waals surface area contributed by atoms with E-state index < -0.39 is 0 Å². The maximum absolute atomic E-state index is 6.42. The average molecular weight is 401 g/mol. The Morgan fingerprint density at radius 3 is 2.85 bits per heavy atom. The van der Waals surface area contributed by atoms with Crippen LogP contribution in [0.4, 0.5) is 5.69 Å². The zero-order valence-electron chi connectivity index (χ0n) is 11.6. The molecule has 4 heteroatoms. The summed E-state index contributed by atoms with van der Waals surface area (Å²) in [5.41, 5.74) is 4.86. The van der Waals surface area contributed by atoms with Gasteiger partial charge >= 0.3 is 0 Å². The van der Waals surface area contributed by atoms with Crippen molar-refractivity contribution in [3.63, 3.8) is 0 Å². The summed E-state index contributed by atoms with van der Waals surface area (Å²) in [5, 5.41) is 5.49. The molecule has 1 aromatic heterocycles. The lowest BCUT2D eigenvalue weighted by Crippen LogP contribution is -2.07. The monoisotopic (exact) mass is 400 g/mol. The lowest BCUT2D eigenvalue weighted by Gasteiger charge is -2.17. The zero-order chi connectivity index (χ0) is 14.1. The van der Waals surface area contributed by atoms with Crippen molar-refractivity contribution >= 4 is 50.8 Å². The van der Waals surface area contributed by atoms with Crippen molar-refractivity contribution in [2.45, 2.75) is 39.0 Å². The van der Waals surface area contributed by atoms with E-state index in [-0.39, 0.29) is 0 Å². The highest BCUT2D eigenvalue weighted by molar-refractivity contribution is 14.1. The molecular formula is C16H18ClIN2. The van der Waals surface area contributed by atoms with Gasteiger partial charge in [-0.3, -0.25) is 4.98 Å². The summed E-state index contributed by atoms with van der Waals surface area (Å²) in [5.74, 6) is 0. The van der Waals surface area contributed by atoms with Crippen molar-refractivity contribution in [1.29, 1.82) is 0 Å². The third-order valence-corrected chi connectivity index (χ3v) is 4.80. The largest absolute Gasteiger partial charge is 0.384 e. The van der Waals surface area contributed by atoms with Gasteiger partial charge < -0.3 is 5.32 Å². The van der Waals surface area contributed by atoms with Gasteiger partial charge in [-0.25, -0.2) is 0 Å². The molecule has 0 spiro atoms. The van der Waals surface area contributed by atoms with E-state index >= 15 is 0 Å². The molecule has 1 heterocycles. The number of hydrogen-bond donors (Lipinski definition) is 1. The lowest BCUT2D eigenvalue weighted by molar-refractivity contribution is 0.709. The molecule has 20 heavy (non-hydrogen) atoms. The highest BCUT2D eigenvalue weighted by Crippen LogP contribution is 2.36. The van der Waals surface area contributed by atoms with E-state index in [1.165, 1.54) is 41.6 Å². The highest BCUT2D eigenvalue weighted by atomic mass is 127. The number of fused-ring (bicyclic) bond motifs is 2. The SMILES string of the molecule is CCNc1c2c(nc3c(Cl)cc(I)cc13)CCCCC2. The number of benzene rings is 1. The molecule has 0 aliphatic heterocycles. The van der Waals surface area contributed by atoms with Gasteiger partial charge in [0.15, 0.2) is 0 Å². The number of rotatable bonds is 2. The van der Waals surface area contributed by atoms with E-state index in [9.17, 15) is 0 Å². The first-order valence-corrected chi connectivity index (χ1v) is 8.70. The molecule has 106 valence electrons. The van der Waals surface area contributed by atoms with Gasteiger partial charge in [-0.1, -0.05) is 18.0 Å². The van der Waals surface area contributed by atoms with Crippen molar-refractivity contribution in [3.05, 3.63) is 32.0 Å². The minimum Gasteiger partial charge on any atom is -0.384 e. The molecule has 0 saturated heterocycles. The van der Waals surface area contributed by atoms with Crippen LogP contribution in [-0.4, -0.2) is 11.5 Å². The van der Waals surface area contributed by atoms with Gasteiger partial charge in [0.25, 0.3) is 0 Å². The van der Waals surface area contributed by atoms with Gasteiger partial charge in [0.05, 0.1) is 10.5 Å². The summed E-state index contributed by atoms with van der Waals surface area (Å²) in [7, 11) is 0. The number of pyridine rings is 1. The quantitative estimate of drug-likeness (QED) is 0.554. The van der Waals surface area contributed by atoms with Gasteiger partial charge in [0.2, 0.25) is 0 Å². The molecule has 1 aliphatic carbocycles. The smallest absolute Gasteiger partial charge is 0.0913 e.